The minimum atomic E-state index is 0.403. The summed E-state index contributed by atoms with van der Waals surface area (Å²) in [5.41, 5.74) is 1.14. The van der Waals surface area contributed by atoms with Crippen LogP contribution in [0.5, 0.6) is 0 Å². The van der Waals surface area contributed by atoms with Gasteiger partial charge in [0.25, 0.3) is 0 Å². The summed E-state index contributed by atoms with van der Waals surface area (Å²) in [4.78, 5) is 4.65. The van der Waals surface area contributed by atoms with Crippen LogP contribution in [-0.4, -0.2) is 21.2 Å². The van der Waals surface area contributed by atoms with Crippen molar-refractivity contribution >= 4 is 45.1 Å². The summed E-state index contributed by atoms with van der Waals surface area (Å²) in [7, 11) is 0. The molecular weight excluding hydrogens is 290 g/mol. The molecule has 0 amide bonds. The Hall–Kier alpha value is -0.190. The molecule has 1 nitrogen and oxygen atoms in total. The molecule has 0 spiro atoms. The van der Waals surface area contributed by atoms with Crippen LogP contribution in [0.15, 0.2) is 28.6 Å². The van der Waals surface area contributed by atoms with Crippen molar-refractivity contribution in [1.82, 2.24) is 4.98 Å². The Morgan fingerprint density at radius 1 is 1.11 bits per heavy atom. The fourth-order valence-electron chi connectivity index (χ4n) is 1.65. The Morgan fingerprint density at radius 3 is 2.58 bits per heavy atom. The zero-order chi connectivity index (χ0) is 13.7. The molecule has 104 valence electrons. The van der Waals surface area contributed by atoms with Gasteiger partial charge in [-0.1, -0.05) is 44.7 Å². The van der Waals surface area contributed by atoms with Crippen LogP contribution in [0.2, 0.25) is 0 Å². The van der Waals surface area contributed by atoms with Gasteiger partial charge in [-0.25, -0.2) is 4.98 Å². The molecule has 1 aromatic carbocycles. The number of aromatic nitrogens is 1. The first-order valence-electron chi connectivity index (χ1n) is 6.67. The molecule has 0 atom stereocenters. The summed E-state index contributed by atoms with van der Waals surface area (Å²) >= 11 is 5.78. The standard InChI is InChI=1S/C15H21NS3/c1-15(2,3)18-11-7-6-10-17-14-16-12-8-4-5-9-13(12)19-14/h4-5,8-9H,6-7,10-11H2,1-3H3. The van der Waals surface area contributed by atoms with E-state index in [0.717, 1.165) is 5.52 Å². The van der Waals surface area contributed by atoms with E-state index >= 15 is 0 Å². The highest BCUT2D eigenvalue weighted by molar-refractivity contribution is 8.01. The lowest BCUT2D eigenvalue weighted by molar-refractivity contribution is 0.795. The number of hydrogen-bond acceptors (Lipinski definition) is 4. The summed E-state index contributed by atoms with van der Waals surface area (Å²) in [6.07, 6.45) is 2.59. The van der Waals surface area contributed by atoms with Crippen molar-refractivity contribution in [2.45, 2.75) is 42.7 Å². The largest absolute Gasteiger partial charge is 0.230 e. The molecule has 19 heavy (non-hydrogen) atoms. The van der Waals surface area contributed by atoms with Crippen LogP contribution in [0.4, 0.5) is 0 Å². The van der Waals surface area contributed by atoms with Crippen LogP contribution in [0, 0.1) is 0 Å². The molecule has 0 aliphatic carbocycles. The fourth-order valence-corrected chi connectivity index (χ4v) is 4.75. The predicted octanol–water partition coefficient (Wildman–Crippen LogP) is 5.70. The average Bonchev–Trinajstić information content (AvgIpc) is 2.74. The topological polar surface area (TPSA) is 12.9 Å². The van der Waals surface area contributed by atoms with Crippen LogP contribution in [0.25, 0.3) is 10.2 Å². The molecule has 0 unspecified atom stereocenters. The van der Waals surface area contributed by atoms with E-state index in [-0.39, 0.29) is 0 Å². The number of fused-ring (bicyclic) bond motifs is 1. The summed E-state index contributed by atoms with van der Waals surface area (Å²) < 4.78 is 2.91. The van der Waals surface area contributed by atoms with Crippen LogP contribution >= 0.6 is 34.9 Å². The third kappa shape index (κ3) is 5.36. The van der Waals surface area contributed by atoms with E-state index in [2.05, 4.69) is 61.8 Å². The molecule has 2 aromatic rings. The maximum atomic E-state index is 4.65. The maximum absolute atomic E-state index is 4.65. The average molecular weight is 312 g/mol. The molecule has 0 bridgehead atoms. The van der Waals surface area contributed by atoms with Crippen molar-refractivity contribution < 1.29 is 0 Å². The lowest BCUT2D eigenvalue weighted by Gasteiger charge is -2.16. The summed E-state index contributed by atoms with van der Waals surface area (Å²) in [6.45, 7) is 6.86. The monoisotopic (exact) mass is 311 g/mol. The second kappa shape index (κ2) is 7.00. The van der Waals surface area contributed by atoms with Gasteiger partial charge in [0.2, 0.25) is 0 Å². The molecule has 0 aliphatic heterocycles. The SMILES string of the molecule is CC(C)(C)SCCCCSc1nc2ccccc2s1. The zero-order valence-electron chi connectivity index (χ0n) is 11.8. The Kier molecular flexibility index (Phi) is 5.60. The highest BCUT2D eigenvalue weighted by atomic mass is 32.2. The molecule has 4 heteroatoms. The van der Waals surface area contributed by atoms with Gasteiger partial charge < -0.3 is 0 Å². The lowest BCUT2D eigenvalue weighted by Crippen LogP contribution is -2.08. The Morgan fingerprint density at radius 2 is 1.84 bits per heavy atom. The van der Waals surface area contributed by atoms with E-state index in [9.17, 15) is 0 Å². The number of benzene rings is 1. The minimum Gasteiger partial charge on any atom is -0.230 e. The third-order valence-electron chi connectivity index (χ3n) is 2.57. The summed E-state index contributed by atoms with van der Waals surface area (Å²) in [5.74, 6) is 2.45. The first-order valence-corrected chi connectivity index (χ1v) is 9.46. The minimum absolute atomic E-state index is 0.403. The molecule has 1 aromatic heterocycles. The van der Waals surface area contributed by atoms with Crippen molar-refractivity contribution in [3.8, 4) is 0 Å². The number of hydrogen-bond donors (Lipinski definition) is 0. The van der Waals surface area contributed by atoms with Gasteiger partial charge in [0, 0.05) is 10.5 Å². The van der Waals surface area contributed by atoms with Gasteiger partial charge in [-0.2, -0.15) is 11.8 Å². The van der Waals surface area contributed by atoms with Crippen molar-refractivity contribution in [2.75, 3.05) is 11.5 Å². The van der Waals surface area contributed by atoms with E-state index in [0.29, 0.717) is 4.75 Å². The highest BCUT2D eigenvalue weighted by Crippen LogP contribution is 2.30. The van der Waals surface area contributed by atoms with Gasteiger partial charge in [-0.3, -0.25) is 0 Å². The maximum Gasteiger partial charge on any atom is 0.151 e. The number of nitrogens with zero attached hydrogens (tertiary/aromatic N) is 1. The second-order valence-electron chi connectivity index (χ2n) is 5.46. The molecule has 0 saturated carbocycles. The predicted molar refractivity (Wildman–Crippen MR) is 91.8 cm³/mol. The van der Waals surface area contributed by atoms with E-state index in [1.165, 1.54) is 33.4 Å². The lowest BCUT2D eigenvalue weighted by atomic mass is 10.3. The smallest absolute Gasteiger partial charge is 0.151 e. The van der Waals surface area contributed by atoms with E-state index in [1.807, 2.05) is 23.1 Å². The van der Waals surface area contributed by atoms with Crippen LogP contribution in [-0.2, 0) is 0 Å². The van der Waals surface area contributed by atoms with Gasteiger partial charge >= 0.3 is 0 Å². The first kappa shape index (κ1) is 15.2. The summed E-state index contributed by atoms with van der Waals surface area (Å²) in [6, 6.07) is 8.38. The number of thiazole rings is 1. The fraction of sp³-hybridized carbons (Fsp3) is 0.533. The molecule has 0 aliphatic rings. The second-order valence-corrected chi connectivity index (χ2v) is 9.76. The van der Waals surface area contributed by atoms with Gasteiger partial charge in [-0.05, 0) is 30.7 Å². The third-order valence-corrected chi connectivity index (χ3v) is 6.20. The number of unbranched alkanes of at least 4 members (excludes halogenated alkanes) is 1. The highest BCUT2D eigenvalue weighted by Gasteiger charge is 2.09. The Labute approximate surface area is 128 Å². The van der Waals surface area contributed by atoms with Crippen molar-refractivity contribution in [3.05, 3.63) is 24.3 Å². The van der Waals surface area contributed by atoms with Crippen LogP contribution in [0.3, 0.4) is 0 Å². The van der Waals surface area contributed by atoms with E-state index in [1.54, 1.807) is 0 Å². The van der Waals surface area contributed by atoms with Gasteiger partial charge in [0.05, 0.1) is 10.2 Å². The van der Waals surface area contributed by atoms with Crippen molar-refractivity contribution in [3.63, 3.8) is 0 Å². The van der Waals surface area contributed by atoms with Gasteiger partial charge in [0.1, 0.15) is 0 Å². The van der Waals surface area contributed by atoms with Gasteiger partial charge in [-0.15, -0.1) is 11.3 Å². The first-order chi connectivity index (χ1) is 9.04. The number of rotatable bonds is 6. The molecule has 0 N–H and O–H groups in total. The molecular formula is C15H21NS3. The normalized spacial score (nSPS) is 12.2. The Bertz CT molecular complexity index is 480. The molecule has 1 heterocycles. The van der Waals surface area contributed by atoms with Crippen molar-refractivity contribution in [2.24, 2.45) is 0 Å². The quantitative estimate of drug-likeness (QED) is 0.501. The van der Waals surface area contributed by atoms with E-state index in [4.69, 9.17) is 0 Å². The Balaban J connectivity index is 1.68. The molecule has 0 radical (unpaired) electrons. The zero-order valence-corrected chi connectivity index (χ0v) is 14.3. The van der Waals surface area contributed by atoms with E-state index < -0.39 is 0 Å². The van der Waals surface area contributed by atoms with Crippen molar-refractivity contribution in [1.29, 1.82) is 0 Å². The number of thioether (sulfide) groups is 2. The molecule has 0 saturated heterocycles. The molecule has 0 fully saturated rings. The number of para-hydroxylation sites is 1. The summed E-state index contributed by atoms with van der Waals surface area (Å²) in [5, 5.41) is 0. The van der Waals surface area contributed by atoms with Crippen LogP contribution < -0.4 is 0 Å². The van der Waals surface area contributed by atoms with Gasteiger partial charge in [0.15, 0.2) is 4.34 Å². The molecule has 2 rings (SSSR count). The van der Waals surface area contributed by atoms with Crippen LogP contribution in [0.1, 0.15) is 33.6 Å².